The van der Waals surface area contributed by atoms with Crippen LogP contribution in [0.5, 0.6) is 0 Å². The van der Waals surface area contributed by atoms with Crippen molar-refractivity contribution in [3.05, 3.63) is 65.9 Å². The van der Waals surface area contributed by atoms with Gasteiger partial charge in [0.05, 0.1) is 6.10 Å². The molecule has 3 heterocycles. The van der Waals surface area contributed by atoms with Crippen molar-refractivity contribution in [2.24, 2.45) is 0 Å². The number of fused-ring (bicyclic) bond motifs is 2. The summed E-state index contributed by atoms with van der Waals surface area (Å²) in [4.78, 5) is 25.0. The van der Waals surface area contributed by atoms with Crippen molar-refractivity contribution in [3.63, 3.8) is 0 Å². The highest BCUT2D eigenvalue weighted by atomic mass is 16.5. The summed E-state index contributed by atoms with van der Waals surface area (Å²) in [5.74, 6) is -0.156. The molecule has 152 valence electrons. The van der Waals surface area contributed by atoms with E-state index >= 15 is 0 Å². The molecular formula is C24H23N3O3. The summed E-state index contributed by atoms with van der Waals surface area (Å²) in [5, 5.41) is 6.89. The second-order valence-electron chi connectivity index (χ2n) is 7.73. The predicted octanol–water partition coefficient (Wildman–Crippen LogP) is 3.43. The third-order valence-electron chi connectivity index (χ3n) is 5.69. The van der Waals surface area contributed by atoms with Gasteiger partial charge in [-0.25, -0.2) is 0 Å². The van der Waals surface area contributed by atoms with Gasteiger partial charge in [-0.3, -0.25) is 9.59 Å². The summed E-state index contributed by atoms with van der Waals surface area (Å²) < 4.78 is 7.51. The molecule has 0 aliphatic carbocycles. The summed E-state index contributed by atoms with van der Waals surface area (Å²) in [6.07, 6.45) is 6.02. The second kappa shape index (κ2) is 7.80. The van der Waals surface area contributed by atoms with Crippen molar-refractivity contribution in [1.29, 1.82) is 0 Å². The molecule has 0 radical (unpaired) electrons. The molecule has 2 amide bonds. The summed E-state index contributed by atoms with van der Waals surface area (Å²) in [7, 11) is 0. The highest BCUT2D eigenvalue weighted by Gasteiger charge is 2.24. The zero-order valence-corrected chi connectivity index (χ0v) is 16.6. The first-order chi connectivity index (χ1) is 14.7. The van der Waals surface area contributed by atoms with Crippen LogP contribution < -0.4 is 10.6 Å². The molecule has 30 heavy (non-hydrogen) atoms. The molecule has 2 aliphatic heterocycles. The van der Waals surface area contributed by atoms with Crippen LogP contribution >= 0.6 is 0 Å². The fraction of sp³-hybridized carbons (Fsp3) is 0.250. The number of carbonyl (C=O) groups excluding carboxylic acids is 2. The number of hydrogen-bond donors (Lipinski definition) is 2. The van der Waals surface area contributed by atoms with Gasteiger partial charge in [0, 0.05) is 52.6 Å². The maximum atomic E-state index is 12.5. The van der Waals surface area contributed by atoms with Crippen molar-refractivity contribution in [1.82, 2.24) is 9.88 Å². The normalized spacial score (nSPS) is 19.3. The quantitative estimate of drug-likeness (QED) is 0.644. The Morgan fingerprint density at radius 3 is 2.90 bits per heavy atom. The Balaban J connectivity index is 1.43. The Morgan fingerprint density at radius 1 is 1.20 bits per heavy atom. The maximum Gasteiger partial charge on any atom is 0.256 e. The minimum atomic E-state index is -0.109. The van der Waals surface area contributed by atoms with E-state index in [4.69, 9.17) is 4.74 Å². The van der Waals surface area contributed by atoms with Crippen molar-refractivity contribution in [3.8, 4) is 0 Å². The van der Waals surface area contributed by atoms with Gasteiger partial charge in [0.1, 0.15) is 6.54 Å². The lowest BCUT2D eigenvalue weighted by molar-refractivity contribution is -0.122. The second-order valence-corrected chi connectivity index (χ2v) is 7.73. The number of benzene rings is 2. The first-order valence-corrected chi connectivity index (χ1v) is 10.3. The molecule has 3 aromatic rings. The van der Waals surface area contributed by atoms with Crippen molar-refractivity contribution in [2.45, 2.75) is 25.5 Å². The average Bonchev–Trinajstić information content (AvgIpc) is 3.47. The lowest BCUT2D eigenvalue weighted by Crippen LogP contribution is -2.34. The highest BCUT2D eigenvalue weighted by Crippen LogP contribution is 2.34. The molecule has 2 aromatic carbocycles. The van der Waals surface area contributed by atoms with E-state index in [0.29, 0.717) is 12.1 Å². The fourth-order valence-electron chi connectivity index (χ4n) is 4.20. The third-order valence-corrected chi connectivity index (χ3v) is 5.69. The Hall–Kier alpha value is -3.38. The van der Waals surface area contributed by atoms with E-state index in [2.05, 4.69) is 10.6 Å². The average molecular weight is 401 g/mol. The molecular weight excluding hydrogens is 378 g/mol. The Bertz CT molecular complexity index is 1160. The standard InChI is InChI=1S/C24H23N3O3/c28-23(25-13-17-6-5-11-30-17)15-27-14-16(18-7-2-4-10-22(18)27)12-20-19-8-1-3-9-21(19)26-24(20)29/h1-4,7-10,12,14,17H,5-6,11,13,15H2,(H,25,28)(H,26,29)/b20-12+/t17-/m0/s1. The molecule has 2 aliphatic rings. The number of para-hydroxylation sites is 2. The van der Waals surface area contributed by atoms with E-state index in [-0.39, 0.29) is 24.5 Å². The zero-order valence-electron chi connectivity index (χ0n) is 16.6. The molecule has 0 saturated carbocycles. The molecule has 1 aromatic heterocycles. The molecule has 0 bridgehead atoms. The molecule has 1 atom stereocenters. The third kappa shape index (κ3) is 3.50. The molecule has 2 N–H and O–H groups in total. The number of nitrogens with zero attached hydrogens (tertiary/aromatic N) is 1. The largest absolute Gasteiger partial charge is 0.376 e. The molecule has 0 spiro atoms. The topological polar surface area (TPSA) is 72.4 Å². The van der Waals surface area contributed by atoms with E-state index in [1.54, 1.807) is 0 Å². The number of anilines is 1. The van der Waals surface area contributed by atoms with Crippen molar-refractivity contribution < 1.29 is 14.3 Å². The Kier molecular flexibility index (Phi) is 4.85. The van der Waals surface area contributed by atoms with Gasteiger partial charge in [-0.1, -0.05) is 36.4 Å². The number of carbonyl (C=O) groups is 2. The van der Waals surface area contributed by atoms with Gasteiger partial charge < -0.3 is 19.9 Å². The van der Waals surface area contributed by atoms with Gasteiger partial charge in [-0.2, -0.15) is 0 Å². The SMILES string of the molecule is O=C(Cn1cc(/C=C2/C(=O)Nc3ccccc32)c2ccccc21)NC[C@@H]1CCCO1. The van der Waals surface area contributed by atoms with E-state index in [0.717, 1.165) is 47.2 Å². The van der Waals surface area contributed by atoms with Gasteiger partial charge in [0.15, 0.2) is 0 Å². The van der Waals surface area contributed by atoms with E-state index in [1.165, 1.54) is 0 Å². The number of hydrogen-bond acceptors (Lipinski definition) is 3. The van der Waals surface area contributed by atoms with Crippen LogP contribution in [0.25, 0.3) is 22.6 Å². The number of rotatable bonds is 5. The summed E-state index contributed by atoms with van der Waals surface area (Å²) in [5.41, 5.74) is 4.23. The van der Waals surface area contributed by atoms with Gasteiger partial charge in [0.25, 0.3) is 5.91 Å². The van der Waals surface area contributed by atoms with E-state index < -0.39 is 0 Å². The Labute approximate surface area is 174 Å². The number of nitrogens with one attached hydrogen (secondary N) is 2. The summed E-state index contributed by atoms with van der Waals surface area (Å²) in [6.45, 7) is 1.54. The number of aromatic nitrogens is 1. The van der Waals surface area contributed by atoms with Gasteiger partial charge in [-0.15, -0.1) is 0 Å². The van der Waals surface area contributed by atoms with E-state index in [9.17, 15) is 9.59 Å². The van der Waals surface area contributed by atoms with Crippen molar-refractivity contribution >= 4 is 40.1 Å². The van der Waals surface area contributed by atoms with Crippen LogP contribution in [-0.2, 0) is 20.9 Å². The molecule has 6 nitrogen and oxygen atoms in total. The van der Waals surface area contributed by atoms with Crippen molar-refractivity contribution in [2.75, 3.05) is 18.5 Å². The fourth-order valence-corrected chi connectivity index (χ4v) is 4.20. The zero-order chi connectivity index (χ0) is 20.5. The number of ether oxygens (including phenoxy) is 1. The van der Waals surface area contributed by atoms with Crippen LogP contribution in [0.2, 0.25) is 0 Å². The van der Waals surface area contributed by atoms with E-state index in [1.807, 2.05) is 65.4 Å². The van der Waals surface area contributed by atoms with Crippen LogP contribution in [0, 0.1) is 0 Å². The van der Waals surface area contributed by atoms with Gasteiger partial charge >= 0.3 is 0 Å². The van der Waals surface area contributed by atoms with Crippen LogP contribution in [0.15, 0.2) is 54.7 Å². The predicted molar refractivity (Wildman–Crippen MR) is 117 cm³/mol. The summed E-state index contributed by atoms with van der Waals surface area (Å²) in [6, 6.07) is 15.6. The highest BCUT2D eigenvalue weighted by molar-refractivity contribution is 6.35. The molecule has 6 heteroatoms. The first-order valence-electron chi connectivity index (χ1n) is 10.3. The van der Waals surface area contributed by atoms with Gasteiger partial charge in [-0.05, 0) is 31.1 Å². The molecule has 0 unspecified atom stereocenters. The molecule has 1 fully saturated rings. The van der Waals surface area contributed by atoms with Crippen LogP contribution in [0.4, 0.5) is 5.69 Å². The van der Waals surface area contributed by atoms with Crippen LogP contribution in [0.1, 0.15) is 24.0 Å². The summed E-state index contributed by atoms with van der Waals surface area (Å²) >= 11 is 0. The lowest BCUT2D eigenvalue weighted by Gasteiger charge is -2.11. The lowest BCUT2D eigenvalue weighted by atomic mass is 10.0. The van der Waals surface area contributed by atoms with Gasteiger partial charge in [0.2, 0.25) is 5.91 Å². The monoisotopic (exact) mass is 401 g/mol. The molecule has 1 saturated heterocycles. The van der Waals surface area contributed by atoms with Crippen LogP contribution in [0.3, 0.4) is 0 Å². The molecule has 5 rings (SSSR count). The van der Waals surface area contributed by atoms with Crippen LogP contribution in [-0.4, -0.2) is 35.6 Å². The smallest absolute Gasteiger partial charge is 0.256 e. The Morgan fingerprint density at radius 2 is 2.03 bits per heavy atom. The minimum Gasteiger partial charge on any atom is -0.376 e. The first kappa shape index (κ1) is 18.6. The maximum absolute atomic E-state index is 12.5. The minimum absolute atomic E-state index is 0.0468. The number of amides is 2.